The van der Waals surface area contributed by atoms with Gasteiger partial charge in [0.25, 0.3) is 0 Å². The molecular formula is C10H20ClNO. The van der Waals surface area contributed by atoms with Crippen molar-refractivity contribution in [2.24, 2.45) is 0 Å². The molecule has 1 heterocycles. The summed E-state index contributed by atoms with van der Waals surface area (Å²) in [5.74, 6) is 0. The van der Waals surface area contributed by atoms with E-state index >= 15 is 0 Å². The summed E-state index contributed by atoms with van der Waals surface area (Å²) in [5.41, 5.74) is 1.34. The minimum atomic E-state index is 0. The van der Waals surface area contributed by atoms with Crippen molar-refractivity contribution in [1.82, 2.24) is 5.32 Å². The van der Waals surface area contributed by atoms with Crippen LogP contribution in [0.25, 0.3) is 0 Å². The second kappa shape index (κ2) is 7.36. The number of piperidine rings is 1. The highest BCUT2D eigenvalue weighted by molar-refractivity contribution is 5.85. The fourth-order valence-electron chi connectivity index (χ4n) is 1.31. The van der Waals surface area contributed by atoms with Crippen LogP contribution in [0.3, 0.4) is 0 Å². The van der Waals surface area contributed by atoms with E-state index in [4.69, 9.17) is 4.74 Å². The van der Waals surface area contributed by atoms with E-state index in [2.05, 4.69) is 25.2 Å². The van der Waals surface area contributed by atoms with Crippen molar-refractivity contribution in [3.8, 4) is 0 Å². The summed E-state index contributed by atoms with van der Waals surface area (Å²) in [5, 5.41) is 3.32. The largest absolute Gasteiger partial charge is 0.374 e. The minimum absolute atomic E-state index is 0. The van der Waals surface area contributed by atoms with Crippen LogP contribution in [0.1, 0.15) is 26.7 Å². The highest BCUT2D eigenvalue weighted by atomic mass is 35.5. The van der Waals surface area contributed by atoms with E-state index in [9.17, 15) is 0 Å². The first-order chi connectivity index (χ1) is 5.79. The van der Waals surface area contributed by atoms with Crippen molar-refractivity contribution in [2.45, 2.75) is 32.8 Å². The highest BCUT2D eigenvalue weighted by Gasteiger charge is 2.11. The first kappa shape index (κ1) is 12.9. The van der Waals surface area contributed by atoms with Gasteiger partial charge in [-0.05, 0) is 39.8 Å². The van der Waals surface area contributed by atoms with Gasteiger partial charge in [0.1, 0.15) is 0 Å². The quantitative estimate of drug-likeness (QED) is 0.713. The molecule has 0 atom stereocenters. The molecular weight excluding hydrogens is 186 g/mol. The SMILES string of the molecule is CC(C)=CCOC1CCNCC1.Cl. The number of ether oxygens (including phenoxy) is 1. The Kier molecular flexibility index (Phi) is 7.33. The van der Waals surface area contributed by atoms with Crippen LogP contribution in [0, 0.1) is 0 Å². The predicted octanol–water partition coefficient (Wildman–Crippen LogP) is 2.14. The maximum absolute atomic E-state index is 5.68. The van der Waals surface area contributed by atoms with Crippen molar-refractivity contribution in [3.05, 3.63) is 11.6 Å². The van der Waals surface area contributed by atoms with Crippen LogP contribution >= 0.6 is 12.4 Å². The van der Waals surface area contributed by atoms with Crippen LogP contribution in [0.4, 0.5) is 0 Å². The molecule has 0 unspecified atom stereocenters. The summed E-state index contributed by atoms with van der Waals surface area (Å²) in [4.78, 5) is 0. The Hall–Kier alpha value is -0.0500. The lowest BCUT2D eigenvalue weighted by Gasteiger charge is -2.22. The zero-order chi connectivity index (χ0) is 8.81. The second-order valence-electron chi connectivity index (χ2n) is 3.56. The molecule has 1 N–H and O–H groups in total. The van der Waals surface area contributed by atoms with Crippen LogP contribution in [0.5, 0.6) is 0 Å². The Morgan fingerprint density at radius 1 is 1.38 bits per heavy atom. The predicted molar refractivity (Wildman–Crippen MR) is 58.5 cm³/mol. The van der Waals surface area contributed by atoms with Gasteiger partial charge in [0.15, 0.2) is 0 Å². The molecule has 1 aliphatic heterocycles. The molecule has 0 radical (unpaired) electrons. The van der Waals surface area contributed by atoms with Crippen molar-refractivity contribution >= 4 is 12.4 Å². The molecule has 0 aromatic carbocycles. The van der Waals surface area contributed by atoms with Crippen LogP contribution in [0.2, 0.25) is 0 Å². The molecule has 0 saturated carbocycles. The number of hydrogen-bond acceptors (Lipinski definition) is 2. The summed E-state index contributed by atoms with van der Waals surface area (Å²) in [6.07, 6.45) is 4.96. The molecule has 1 aliphatic rings. The topological polar surface area (TPSA) is 21.3 Å². The standard InChI is InChI=1S/C10H19NO.ClH/c1-9(2)5-8-12-10-3-6-11-7-4-10;/h5,10-11H,3-4,6-8H2,1-2H3;1H. The fourth-order valence-corrected chi connectivity index (χ4v) is 1.31. The fraction of sp³-hybridized carbons (Fsp3) is 0.800. The third-order valence-corrected chi connectivity index (χ3v) is 2.11. The van der Waals surface area contributed by atoms with Gasteiger partial charge in [-0.15, -0.1) is 12.4 Å². The molecule has 1 saturated heterocycles. The number of allylic oxidation sites excluding steroid dienone is 1. The summed E-state index contributed by atoms with van der Waals surface area (Å²) in [6.45, 7) is 7.21. The third kappa shape index (κ3) is 6.08. The number of halogens is 1. The molecule has 1 rings (SSSR count). The Bertz CT molecular complexity index is 149. The van der Waals surface area contributed by atoms with Gasteiger partial charge in [-0.2, -0.15) is 0 Å². The first-order valence-corrected chi connectivity index (χ1v) is 4.74. The van der Waals surface area contributed by atoms with Crippen molar-refractivity contribution in [2.75, 3.05) is 19.7 Å². The van der Waals surface area contributed by atoms with Gasteiger partial charge >= 0.3 is 0 Å². The number of nitrogens with one attached hydrogen (secondary N) is 1. The van der Waals surface area contributed by atoms with Crippen molar-refractivity contribution in [3.63, 3.8) is 0 Å². The van der Waals surface area contributed by atoms with Gasteiger partial charge in [-0.3, -0.25) is 0 Å². The molecule has 0 spiro atoms. The molecule has 0 aromatic heterocycles. The van der Waals surface area contributed by atoms with Gasteiger partial charge in [0.2, 0.25) is 0 Å². The van der Waals surface area contributed by atoms with E-state index in [1.165, 1.54) is 5.57 Å². The smallest absolute Gasteiger partial charge is 0.0653 e. The van der Waals surface area contributed by atoms with Crippen LogP contribution in [-0.4, -0.2) is 25.8 Å². The Morgan fingerprint density at radius 3 is 2.54 bits per heavy atom. The van der Waals surface area contributed by atoms with E-state index in [-0.39, 0.29) is 12.4 Å². The molecule has 3 heteroatoms. The lowest BCUT2D eigenvalue weighted by molar-refractivity contribution is 0.0513. The lowest BCUT2D eigenvalue weighted by Crippen LogP contribution is -2.32. The number of hydrogen-bond donors (Lipinski definition) is 1. The minimum Gasteiger partial charge on any atom is -0.374 e. The van der Waals surface area contributed by atoms with Crippen LogP contribution in [-0.2, 0) is 4.74 Å². The number of rotatable bonds is 3. The summed E-state index contributed by atoms with van der Waals surface area (Å²) >= 11 is 0. The molecule has 1 fully saturated rings. The summed E-state index contributed by atoms with van der Waals surface area (Å²) < 4.78 is 5.68. The average molecular weight is 206 g/mol. The molecule has 0 amide bonds. The molecule has 13 heavy (non-hydrogen) atoms. The maximum atomic E-state index is 5.68. The van der Waals surface area contributed by atoms with E-state index in [1.807, 2.05) is 0 Å². The highest BCUT2D eigenvalue weighted by Crippen LogP contribution is 2.07. The summed E-state index contributed by atoms with van der Waals surface area (Å²) in [6, 6.07) is 0. The average Bonchev–Trinajstić information content (AvgIpc) is 2.05. The van der Waals surface area contributed by atoms with Gasteiger partial charge in [-0.25, -0.2) is 0 Å². The molecule has 0 aromatic rings. The normalized spacial score (nSPS) is 17.7. The Morgan fingerprint density at radius 2 is 2.00 bits per heavy atom. The molecule has 0 aliphatic carbocycles. The van der Waals surface area contributed by atoms with Gasteiger partial charge < -0.3 is 10.1 Å². The molecule has 0 bridgehead atoms. The van der Waals surface area contributed by atoms with E-state index in [1.54, 1.807) is 0 Å². The maximum Gasteiger partial charge on any atom is 0.0653 e. The van der Waals surface area contributed by atoms with Crippen molar-refractivity contribution < 1.29 is 4.74 Å². The van der Waals surface area contributed by atoms with Crippen LogP contribution < -0.4 is 5.32 Å². The summed E-state index contributed by atoms with van der Waals surface area (Å²) in [7, 11) is 0. The van der Waals surface area contributed by atoms with E-state index < -0.39 is 0 Å². The van der Waals surface area contributed by atoms with E-state index in [0.29, 0.717) is 6.10 Å². The lowest BCUT2D eigenvalue weighted by atomic mass is 10.1. The molecule has 2 nitrogen and oxygen atoms in total. The first-order valence-electron chi connectivity index (χ1n) is 4.74. The Labute approximate surface area is 87.1 Å². The Balaban J connectivity index is 0.00000144. The third-order valence-electron chi connectivity index (χ3n) is 2.11. The van der Waals surface area contributed by atoms with E-state index in [0.717, 1.165) is 32.5 Å². The van der Waals surface area contributed by atoms with Gasteiger partial charge in [0, 0.05) is 0 Å². The van der Waals surface area contributed by atoms with Gasteiger partial charge in [-0.1, -0.05) is 11.6 Å². The zero-order valence-corrected chi connectivity index (χ0v) is 9.32. The van der Waals surface area contributed by atoms with Gasteiger partial charge in [0.05, 0.1) is 12.7 Å². The van der Waals surface area contributed by atoms with Crippen LogP contribution in [0.15, 0.2) is 11.6 Å². The monoisotopic (exact) mass is 205 g/mol. The van der Waals surface area contributed by atoms with Crippen molar-refractivity contribution in [1.29, 1.82) is 0 Å². The second-order valence-corrected chi connectivity index (χ2v) is 3.56. The zero-order valence-electron chi connectivity index (χ0n) is 8.51. The molecule has 78 valence electrons.